The Balaban J connectivity index is 2.10. The van der Waals surface area contributed by atoms with Gasteiger partial charge in [-0.15, -0.1) is 6.58 Å². The molecule has 1 aliphatic rings. The Morgan fingerprint density at radius 3 is 2.91 bits per heavy atom. The summed E-state index contributed by atoms with van der Waals surface area (Å²) < 4.78 is 5.56. The van der Waals surface area contributed by atoms with E-state index >= 15 is 0 Å². The molecule has 1 saturated carbocycles. The summed E-state index contributed by atoms with van der Waals surface area (Å²) in [5.74, 6) is 0. The van der Waals surface area contributed by atoms with Gasteiger partial charge in [-0.05, 0) is 25.7 Å². The van der Waals surface area contributed by atoms with Gasteiger partial charge in [0.1, 0.15) is 0 Å². The number of nitrogens with two attached hydrogens (primary N) is 1. The summed E-state index contributed by atoms with van der Waals surface area (Å²) in [6.07, 6.45) is 6.61. The maximum Gasteiger partial charge on any atom is 0.0726 e. The SMILES string of the molecule is C=CCCOC1CCCC1N. The molecule has 2 N–H and O–H groups in total. The molecule has 0 amide bonds. The minimum Gasteiger partial charge on any atom is -0.376 e. The molecule has 1 aliphatic carbocycles. The average Bonchev–Trinajstić information content (AvgIpc) is 2.37. The highest BCUT2D eigenvalue weighted by Crippen LogP contribution is 2.20. The Morgan fingerprint density at radius 1 is 1.55 bits per heavy atom. The number of hydrogen-bond donors (Lipinski definition) is 1. The Hall–Kier alpha value is -0.340. The summed E-state index contributed by atoms with van der Waals surface area (Å²) in [5.41, 5.74) is 5.81. The molecule has 1 fully saturated rings. The number of rotatable bonds is 4. The maximum absolute atomic E-state index is 5.81. The van der Waals surface area contributed by atoms with Crippen molar-refractivity contribution >= 4 is 0 Å². The van der Waals surface area contributed by atoms with Crippen molar-refractivity contribution in [2.24, 2.45) is 5.73 Å². The normalized spacial score (nSPS) is 30.6. The molecule has 2 heteroatoms. The molecule has 0 aliphatic heterocycles. The highest BCUT2D eigenvalue weighted by atomic mass is 16.5. The zero-order chi connectivity index (χ0) is 8.10. The van der Waals surface area contributed by atoms with E-state index < -0.39 is 0 Å². The summed E-state index contributed by atoms with van der Waals surface area (Å²) in [6, 6.07) is 0.278. The first-order valence-electron chi connectivity index (χ1n) is 4.32. The van der Waals surface area contributed by atoms with E-state index in [2.05, 4.69) is 6.58 Å². The molecule has 0 bridgehead atoms. The van der Waals surface area contributed by atoms with Crippen LogP contribution in [0.4, 0.5) is 0 Å². The lowest BCUT2D eigenvalue weighted by Gasteiger charge is -2.15. The first-order valence-corrected chi connectivity index (χ1v) is 4.32. The summed E-state index contributed by atoms with van der Waals surface area (Å²) >= 11 is 0. The van der Waals surface area contributed by atoms with E-state index in [9.17, 15) is 0 Å². The predicted molar refractivity (Wildman–Crippen MR) is 46.4 cm³/mol. The van der Waals surface area contributed by atoms with Gasteiger partial charge in [0.2, 0.25) is 0 Å². The van der Waals surface area contributed by atoms with Crippen LogP contribution < -0.4 is 5.73 Å². The second-order valence-electron chi connectivity index (χ2n) is 3.08. The minimum absolute atomic E-state index is 0.278. The summed E-state index contributed by atoms with van der Waals surface area (Å²) in [6.45, 7) is 4.41. The van der Waals surface area contributed by atoms with Crippen molar-refractivity contribution in [3.63, 3.8) is 0 Å². The van der Waals surface area contributed by atoms with E-state index in [1.54, 1.807) is 0 Å². The smallest absolute Gasteiger partial charge is 0.0726 e. The van der Waals surface area contributed by atoms with Crippen molar-refractivity contribution in [1.29, 1.82) is 0 Å². The van der Waals surface area contributed by atoms with Gasteiger partial charge in [0.15, 0.2) is 0 Å². The number of ether oxygens (including phenoxy) is 1. The molecular formula is C9H17NO. The fourth-order valence-corrected chi connectivity index (χ4v) is 1.46. The quantitative estimate of drug-likeness (QED) is 0.492. The third kappa shape index (κ3) is 2.64. The fourth-order valence-electron chi connectivity index (χ4n) is 1.46. The van der Waals surface area contributed by atoms with Gasteiger partial charge in [-0.3, -0.25) is 0 Å². The minimum atomic E-state index is 0.278. The van der Waals surface area contributed by atoms with Gasteiger partial charge in [0, 0.05) is 6.04 Å². The van der Waals surface area contributed by atoms with Gasteiger partial charge in [0.25, 0.3) is 0 Å². The van der Waals surface area contributed by atoms with Gasteiger partial charge in [-0.25, -0.2) is 0 Å². The standard InChI is InChI=1S/C9H17NO/c1-2-3-7-11-9-6-4-5-8(9)10/h2,8-9H,1,3-7,10H2. The fraction of sp³-hybridized carbons (Fsp3) is 0.778. The molecule has 0 spiro atoms. The maximum atomic E-state index is 5.81. The lowest BCUT2D eigenvalue weighted by molar-refractivity contribution is 0.0513. The lowest BCUT2D eigenvalue weighted by Crippen LogP contribution is -2.31. The molecule has 2 nitrogen and oxygen atoms in total. The molecular weight excluding hydrogens is 138 g/mol. The van der Waals surface area contributed by atoms with Crippen LogP contribution in [0.2, 0.25) is 0 Å². The van der Waals surface area contributed by atoms with E-state index in [0.717, 1.165) is 25.9 Å². The molecule has 0 aromatic rings. The second kappa shape index (κ2) is 4.52. The zero-order valence-corrected chi connectivity index (χ0v) is 6.96. The molecule has 2 atom stereocenters. The van der Waals surface area contributed by atoms with Crippen molar-refractivity contribution < 1.29 is 4.74 Å². The Bertz CT molecular complexity index is 125. The van der Waals surface area contributed by atoms with Crippen LogP contribution >= 0.6 is 0 Å². The molecule has 0 radical (unpaired) electrons. The van der Waals surface area contributed by atoms with Crippen molar-refractivity contribution in [3.05, 3.63) is 12.7 Å². The molecule has 11 heavy (non-hydrogen) atoms. The van der Waals surface area contributed by atoms with Crippen LogP contribution in [0, 0.1) is 0 Å². The van der Waals surface area contributed by atoms with Crippen molar-refractivity contribution in [2.45, 2.75) is 37.8 Å². The van der Waals surface area contributed by atoms with E-state index in [4.69, 9.17) is 10.5 Å². The summed E-state index contributed by atoms with van der Waals surface area (Å²) in [5, 5.41) is 0. The van der Waals surface area contributed by atoms with Gasteiger partial charge >= 0.3 is 0 Å². The average molecular weight is 155 g/mol. The third-order valence-corrected chi connectivity index (χ3v) is 2.16. The Labute approximate surface area is 68.4 Å². The van der Waals surface area contributed by atoms with E-state index in [1.165, 1.54) is 6.42 Å². The molecule has 0 aromatic carbocycles. The Kier molecular flexibility index (Phi) is 3.60. The molecule has 64 valence electrons. The van der Waals surface area contributed by atoms with Crippen LogP contribution in [-0.4, -0.2) is 18.8 Å². The first kappa shape index (κ1) is 8.75. The third-order valence-electron chi connectivity index (χ3n) is 2.16. The van der Waals surface area contributed by atoms with E-state index in [1.807, 2.05) is 6.08 Å². The Morgan fingerprint density at radius 2 is 2.36 bits per heavy atom. The van der Waals surface area contributed by atoms with Gasteiger partial charge in [0.05, 0.1) is 12.7 Å². The topological polar surface area (TPSA) is 35.2 Å². The van der Waals surface area contributed by atoms with Crippen LogP contribution in [0.25, 0.3) is 0 Å². The van der Waals surface area contributed by atoms with Crippen LogP contribution in [0.3, 0.4) is 0 Å². The van der Waals surface area contributed by atoms with Gasteiger partial charge in [-0.1, -0.05) is 6.08 Å². The van der Waals surface area contributed by atoms with Crippen molar-refractivity contribution in [1.82, 2.24) is 0 Å². The summed E-state index contributed by atoms with van der Waals surface area (Å²) in [7, 11) is 0. The van der Waals surface area contributed by atoms with Crippen molar-refractivity contribution in [2.75, 3.05) is 6.61 Å². The second-order valence-corrected chi connectivity index (χ2v) is 3.08. The highest BCUT2D eigenvalue weighted by molar-refractivity contribution is 4.81. The van der Waals surface area contributed by atoms with Crippen LogP contribution in [-0.2, 0) is 4.74 Å². The summed E-state index contributed by atoms with van der Waals surface area (Å²) in [4.78, 5) is 0. The molecule has 1 rings (SSSR count). The van der Waals surface area contributed by atoms with Crippen LogP contribution in [0.15, 0.2) is 12.7 Å². The first-order chi connectivity index (χ1) is 5.34. The van der Waals surface area contributed by atoms with Crippen molar-refractivity contribution in [3.8, 4) is 0 Å². The van der Waals surface area contributed by atoms with Crippen LogP contribution in [0.1, 0.15) is 25.7 Å². The number of hydrogen-bond acceptors (Lipinski definition) is 2. The zero-order valence-electron chi connectivity index (χ0n) is 6.96. The largest absolute Gasteiger partial charge is 0.376 e. The predicted octanol–water partition coefficient (Wildman–Crippen LogP) is 1.46. The van der Waals surface area contributed by atoms with E-state index in [0.29, 0.717) is 6.10 Å². The van der Waals surface area contributed by atoms with Gasteiger partial charge in [-0.2, -0.15) is 0 Å². The van der Waals surface area contributed by atoms with Crippen LogP contribution in [0.5, 0.6) is 0 Å². The van der Waals surface area contributed by atoms with E-state index in [-0.39, 0.29) is 6.04 Å². The molecule has 0 saturated heterocycles. The monoisotopic (exact) mass is 155 g/mol. The van der Waals surface area contributed by atoms with Gasteiger partial charge < -0.3 is 10.5 Å². The molecule has 0 heterocycles. The molecule has 2 unspecified atom stereocenters. The lowest BCUT2D eigenvalue weighted by atomic mass is 10.2. The molecule has 0 aromatic heterocycles. The highest BCUT2D eigenvalue weighted by Gasteiger charge is 2.23.